The van der Waals surface area contributed by atoms with Crippen LogP contribution in [0.2, 0.25) is 4.34 Å². The van der Waals surface area contributed by atoms with E-state index in [4.69, 9.17) is 16.7 Å². The Bertz CT molecular complexity index is 520. The number of aliphatic carboxylic acids is 1. The molecule has 1 fully saturated rings. The zero-order valence-corrected chi connectivity index (χ0v) is 13.5. The van der Waals surface area contributed by atoms with Gasteiger partial charge in [0.15, 0.2) is 0 Å². The highest BCUT2D eigenvalue weighted by Gasteiger charge is 2.26. The van der Waals surface area contributed by atoms with Crippen molar-refractivity contribution in [2.75, 3.05) is 26.7 Å². The van der Waals surface area contributed by atoms with Crippen molar-refractivity contribution in [3.63, 3.8) is 0 Å². The topological polar surface area (TPSA) is 60.9 Å². The molecular formula is C14H19ClN2O3S. The van der Waals surface area contributed by atoms with Crippen molar-refractivity contribution in [3.8, 4) is 0 Å². The normalized spacial score (nSPS) is 18.9. The number of carboxylic acid groups (broad SMARTS) is 1. The summed E-state index contributed by atoms with van der Waals surface area (Å²) in [5, 5.41) is 8.79. The number of nitrogens with zero attached hydrogens (tertiary/aromatic N) is 2. The van der Waals surface area contributed by atoms with Crippen LogP contribution in [0.1, 0.15) is 17.7 Å². The molecule has 0 aromatic carbocycles. The van der Waals surface area contributed by atoms with Crippen molar-refractivity contribution in [3.05, 3.63) is 21.3 Å². The average Bonchev–Trinajstić information content (AvgIpc) is 2.98. The Labute approximate surface area is 133 Å². The summed E-state index contributed by atoms with van der Waals surface area (Å²) in [6.45, 7) is 2.40. The van der Waals surface area contributed by atoms with Crippen LogP contribution in [0.4, 0.5) is 0 Å². The second kappa shape index (κ2) is 7.24. The van der Waals surface area contributed by atoms with Gasteiger partial charge in [-0.25, -0.2) is 0 Å². The molecule has 1 aliphatic rings. The first-order chi connectivity index (χ1) is 9.94. The molecule has 1 unspecified atom stereocenters. The number of halogens is 1. The molecule has 2 rings (SSSR count). The minimum Gasteiger partial charge on any atom is -0.481 e. The number of likely N-dealkylation sites (N-methyl/N-ethyl adjacent to an activating group) is 1. The first kappa shape index (κ1) is 16.3. The van der Waals surface area contributed by atoms with Crippen LogP contribution in [0.3, 0.4) is 0 Å². The van der Waals surface area contributed by atoms with Crippen molar-refractivity contribution in [2.45, 2.75) is 19.4 Å². The minimum absolute atomic E-state index is 0.0514. The maximum absolute atomic E-state index is 12.2. The highest BCUT2D eigenvalue weighted by atomic mass is 35.5. The van der Waals surface area contributed by atoms with Gasteiger partial charge in [-0.15, -0.1) is 11.3 Å². The van der Waals surface area contributed by atoms with Gasteiger partial charge < -0.3 is 10.0 Å². The fraction of sp³-hybridized carbons (Fsp3) is 0.571. The number of hydrogen-bond acceptors (Lipinski definition) is 4. The number of amides is 1. The largest absolute Gasteiger partial charge is 0.481 e. The standard InChI is InChI=1S/C14H19ClN2O3S/c1-16(8-11-2-3-12(15)21-11)13(18)9-17-5-4-10(7-17)6-14(19)20/h2-3,10H,4-9H2,1H3,(H,19,20). The van der Waals surface area contributed by atoms with Gasteiger partial charge in [0.25, 0.3) is 0 Å². The summed E-state index contributed by atoms with van der Waals surface area (Å²) < 4.78 is 0.724. The minimum atomic E-state index is -0.764. The summed E-state index contributed by atoms with van der Waals surface area (Å²) in [6.07, 6.45) is 1.04. The lowest BCUT2D eigenvalue weighted by Gasteiger charge is -2.21. The molecule has 21 heavy (non-hydrogen) atoms. The molecule has 2 heterocycles. The van der Waals surface area contributed by atoms with Gasteiger partial charge in [-0.05, 0) is 31.0 Å². The van der Waals surface area contributed by atoms with Crippen molar-refractivity contribution < 1.29 is 14.7 Å². The summed E-state index contributed by atoms with van der Waals surface area (Å²) in [5.74, 6) is -0.549. The molecule has 1 aromatic rings. The van der Waals surface area contributed by atoms with E-state index in [0.29, 0.717) is 19.6 Å². The molecule has 116 valence electrons. The molecule has 0 aliphatic carbocycles. The summed E-state index contributed by atoms with van der Waals surface area (Å²) >= 11 is 7.35. The van der Waals surface area contributed by atoms with E-state index < -0.39 is 5.97 Å². The van der Waals surface area contributed by atoms with Crippen molar-refractivity contribution in [1.82, 2.24) is 9.80 Å². The zero-order valence-electron chi connectivity index (χ0n) is 11.9. The maximum atomic E-state index is 12.2. The van der Waals surface area contributed by atoms with E-state index in [1.807, 2.05) is 17.0 Å². The van der Waals surface area contributed by atoms with E-state index in [1.165, 1.54) is 11.3 Å². The summed E-state index contributed by atoms with van der Waals surface area (Å²) in [6, 6.07) is 3.76. The lowest BCUT2D eigenvalue weighted by Crippen LogP contribution is -2.37. The average molecular weight is 331 g/mol. The Hall–Kier alpha value is -1.11. The molecule has 1 atom stereocenters. The highest BCUT2D eigenvalue weighted by molar-refractivity contribution is 7.16. The number of carbonyl (C=O) groups is 2. The Morgan fingerprint density at radius 2 is 2.29 bits per heavy atom. The second-order valence-corrected chi connectivity index (χ2v) is 7.24. The lowest BCUT2D eigenvalue weighted by molar-refractivity contribution is -0.138. The fourth-order valence-electron chi connectivity index (χ4n) is 2.54. The summed E-state index contributed by atoms with van der Waals surface area (Å²) in [5.41, 5.74) is 0. The molecule has 1 aromatic heterocycles. The Balaban J connectivity index is 1.77. The smallest absolute Gasteiger partial charge is 0.303 e. The van der Waals surface area contributed by atoms with Gasteiger partial charge in [-0.2, -0.15) is 0 Å². The van der Waals surface area contributed by atoms with Gasteiger partial charge in [0.05, 0.1) is 17.4 Å². The van der Waals surface area contributed by atoms with Crippen LogP contribution in [0.15, 0.2) is 12.1 Å². The third-order valence-electron chi connectivity index (χ3n) is 3.64. The van der Waals surface area contributed by atoms with E-state index in [9.17, 15) is 9.59 Å². The zero-order chi connectivity index (χ0) is 15.4. The van der Waals surface area contributed by atoms with Gasteiger partial charge in [-0.1, -0.05) is 11.6 Å². The molecule has 0 radical (unpaired) electrons. The molecule has 5 nitrogen and oxygen atoms in total. The second-order valence-electron chi connectivity index (χ2n) is 5.44. The molecule has 7 heteroatoms. The Kier molecular flexibility index (Phi) is 5.61. The molecule has 1 amide bonds. The third-order valence-corrected chi connectivity index (χ3v) is 4.86. The predicted molar refractivity (Wildman–Crippen MR) is 82.6 cm³/mol. The Morgan fingerprint density at radius 3 is 2.90 bits per heavy atom. The molecule has 1 saturated heterocycles. The monoisotopic (exact) mass is 330 g/mol. The molecule has 0 saturated carbocycles. The molecule has 0 bridgehead atoms. The van der Waals surface area contributed by atoms with Crippen molar-refractivity contribution in [2.24, 2.45) is 5.92 Å². The SMILES string of the molecule is CN(Cc1ccc(Cl)s1)C(=O)CN1CCC(CC(=O)O)C1. The quantitative estimate of drug-likeness (QED) is 0.868. The fourth-order valence-corrected chi connectivity index (χ4v) is 3.68. The lowest BCUT2D eigenvalue weighted by atomic mass is 10.1. The summed E-state index contributed by atoms with van der Waals surface area (Å²) in [7, 11) is 1.78. The number of thiophene rings is 1. The predicted octanol–water partition coefficient (Wildman–Crippen LogP) is 2.16. The number of carbonyl (C=O) groups excluding carboxylic acids is 1. The number of rotatable bonds is 6. The van der Waals surface area contributed by atoms with Crippen LogP contribution in [0.25, 0.3) is 0 Å². The van der Waals surface area contributed by atoms with Crippen LogP contribution in [0, 0.1) is 5.92 Å². The molecule has 0 spiro atoms. The number of hydrogen-bond donors (Lipinski definition) is 1. The van der Waals surface area contributed by atoms with Gasteiger partial charge in [-0.3, -0.25) is 14.5 Å². The third kappa shape index (κ3) is 4.98. The van der Waals surface area contributed by atoms with Crippen LogP contribution in [-0.4, -0.2) is 53.5 Å². The van der Waals surface area contributed by atoms with E-state index in [-0.39, 0.29) is 18.2 Å². The van der Waals surface area contributed by atoms with Gasteiger partial charge in [0.1, 0.15) is 0 Å². The van der Waals surface area contributed by atoms with Crippen molar-refractivity contribution in [1.29, 1.82) is 0 Å². The highest BCUT2D eigenvalue weighted by Crippen LogP contribution is 2.23. The summed E-state index contributed by atoms with van der Waals surface area (Å²) in [4.78, 5) is 27.7. The van der Waals surface area contributed by atoms with Gasteiger partial charge in [0.2, 0.25) is 5.91 Å². The van der Waals surface area contributed by atoms with Gasteiger partial charge in [0, 0.05) is 24.9 Å². The van der Waals surface area contributed by atoms with Crippen LogP contribution < -0.4 is 0 Å². The van der Waals surface area contributed by atoms with E-state index in [2.05, 4.69) is 0 Å². The van der Waals surface area contributed by atoms with Gasteiger partial charge >= 0.3 is 5.97 Å². The van der Waals surface area contributed by atoms with Crippen molar-refractivity contribution >= 4 is 34.8 Å². The number of likely N-dealkylation sites (tertiary alicyclic amines) is 1. The van der Waals surface area contributed by atoms with Crippen LogP contribution in [0.5, 0.6) is 0 Å². The van der Waals surface area contributed by atoms with E-state index in [0.717, 1.165) is 22.2 Å². The first-order valence-electron chi connectivity index (χ1n) is 6.86. The van der Waals surface area contributed by atoms with E-state index in [1.54, 1.807) is 11.9 Å². The molecule has 1 N–H and O–H groups in total. The molecule has 1 aliphatic heterocycles. The Morgan fingerprint density at radius 1 is 1.52 bits per heavy atom. The first-order valence-corrected chi connectivity index (χ1v) is 8.06. The van der Waals surface area contributed by atoms with E-state index >= 15 is 0 Å². The van der Waals surface area contributed by atoms with Crippen LogP contribution in [-0.2, 0) is 16.1 Å². The number of carboxylic acids is 1. The maximum Gasteiger partial charge on any atom is 0.303 e. The molecular weight excluding hydrogens is 312 g/mol. The van der Waals surface area contributed by atoms with Crippen LogP contribution >= 0.6 is 22.9 Å².